The van der Waals surface area contributed by atoms with Crippen LogP contribution in [0.2, 0.25) is 5.75 Å². The van der Waals surface area contributed by atoms with Gasteiger partial charge in [-0.1, -0.05) is 17.7 Å². The Morgan fingerprint density at radius 2 is 2.41 bits per heavy atom. The summed E-state index contributed by atoms with van der Waals surface area (Å²) in [5.41, 5.74) is -0.619. The van der Waals surface area contributed by atoms with Crippen molar-refractivity contribution in [3.63, 3.8) is 0 Å². The summed E-state index contributed by atoms with van der Waals surface area (Å²) in [5, 5.41) is 9.34. The molecule has 3 aromatic rings. The molecule has 4 rings (SSSR count). The number of benzene rings is 1. The topological polar surface area (TPSA) is 64.8 Å². The Morgan fingerprint density at radius 1 is 1.59 bits per heavy atom. The molecular weight excluding hydrogens is 385 g/mol. The van der Waals surface area contributed by atoms with Crippen molar-refractivity contribution in [2.45, 2.75) is 25.3 Å². The van der Waals surface area contributed by atoms with E-state index in [4.69, 9.17) is 30.6 Å². The normalized spacial score (nSPS) is 27.1. The molecule has 0 radical (unpaired) electrons. The zero-order chi connectivity index (χ0) is 27.7. The summed E-state index contributed by atoms with van der Waals surface area (Å²) in [7, 11) is 0. The number of nitriles is 1. The van der Waals surface area contributed by atoms with Gasteiger partial charge in [0, 0.05) is 32.5 Å². The van der Waals surface area contributed by atoms with Gasteiger partial charge < -0.3 is 5.31 Å². The van der Waals surface area contributed by atoms with Crippen LogP contribution >= 0.6 is 22.9 Å². The largest absolute Gasteiger partial charge is 0.366 e. The van der Waals surface area contributed by atoms with Gasteiger partial charge in [0.1, 0.15) is 25.4 Å². The van der Waals surface area contributed by atoms with Crippen molar-refractivity contribution in [1.29, 1.82) is 5.26 Å². The summed E-state index contributed by atoms with van der Waals surface area (Å²) in [6, 6.07) is -0.243. The zero-order valence-corrected chi connectivity index (χ0v) is 15.1. The van der Waals surface area contributed by atoms with Gasteiger partial charge in [0.2, 0.25) is 0 Å². The molecule has 0 saturated carbocycles. The Hall–Kier alpha value is -2.27. The van der Waals surface area contributed by atoms with E-state index in [0.29, 0.717) is 0 Å². The van der Waals surface area contributed by atoms with E-state index in [9.17, 15) is 4.39 Å². The molecule has 5 nitrogen and oxygen atoms in total. The molecule has 1 unspecified atom stereocenters. The molecule has 1 N–H and O–H groups in total. The van der Waals surface area contributed by atoms with Gasteiger partial charge >= 0.3 is 0 Å². The quantitative estimate of drug-likeness (QED) is 0.687. The fourth-order valence-electron chi connectivity index (χ4n) is 2.40. The Balaban J connectivity index is 1.77. The smallest absolute Gasteiger partial charge is 0.162 e. The van der Waals surface area contributed by atoms with E-state index in [0.717, 1.165) is 28.4 Å². The highest BCUT2D eigenvalue weighted by Gasteiger charge is 2.21. The summed E-state index contributed by atoms with van der Waals surface area (Å²) in [4.78, 5) is 8.66. The van der Waals surface area contributed by atoms with Crippen molar-refractivity contribution < 1.29 is 18.1 Å². The van der Waals surface area contributed by atoms with E-state index in [1.807, 2.05) is 0 Å². The highest BCUT2D eigenvalue weighted by molar-refractivity contribution is 7.23. The van der Waals surface area contributed by atoms with Crippen LogP contribution in [0.5, 0.6) is 0 Å². The number of nitrogens with one attached hydrogen (secondary N) is 1. The first-order chi connectivity index (χ1) is 17.1. The molecule has 0 bridgehead atoms. The molecule has 0 aliphatic carbocycles. The summed E-state index contributed by atoms with van der Waals surface area (Å²) in [5.74, 6) is -1.54. The van der Waals surface area contributed by atoms with Gasteiger partial charge in [0.25, 0.3) is 0 Å². The first-order valence-corrected chi connectivity index (χ1v) is 8.84. The summed E-state index contributed by atoms with van der Waals surface area (Å²) < 4.78 is 98.1. The number of hydrogen-bond acceptors (Lipinski definition) is 6. The molecule has 0 spiro atoms. The highest BCUT2D eigenvalue weighted by Crippen LogP contribution is 2.33. The minimum Gasteiger partial charge on any atom is -0.366 e. The number of anilines is 1. The highest BCUT2D eigenvalue weighted by atomic mass is 35.5. The third-order valence-corrected chi connectivity index (χ3v) is 4.81. The number of likely N-dealkylation sites (tertiary alicyclic amines) is 1. The molecular formula is C19H17ClFN5S. The average Bonchev–Trinajstić information content (AvgIpc) is 3.10. The van der Waals surface area contributed by atoms with Crippen LogP contribution in [0.25, 0.3) is 10.2 Å². The number of fused-ring (bicyclic) bond motifs is 1. The number of halogens is 2. The number of hydrogen-bond donors (Lipinski definition) is 1. The van der Waals surface area contributed by atoms with Crippen molar-refractivity contribution in [3.05, 3.63) is 51.8 Å². The number of nitrogens with zero attached hydrogens (tertiary/aromatic N) is 4. The van der Waals surface area contributed by atoms with Crippen molar-refractivity contribution in [2.75, 3.05) is 18.4 Å². The second-order valence-electron chi connectivity index (χ2n) is 5.45. The second kappa shape index (κ2) is 7.77. The Labute approximate surface area is 179 Å². The molecule has 1 saturated heterocycles. The Bertz CT molecular complexity index is 1430. The van der Waals surface area contributed by atoms with Gasteiger partial charge in [-0.15, -0.1) is 11.3 Å². The van der Waals surface area contributed by atoms with Crippen molar-refractivity contribution in [3.8, 4) is 6.07 Å². The zero-order valence-electron chi connectivity index (χ0n) is 23.5. The van der Waals surface area contributed by atoms with E-state index >= 15 is 0 Å². The molecule has 2 aromatic heterocycles. The fraction of sp³-hybridized carbons (Fsp3) is 0.316. The van der Waals surface area contributed by atoms with Gasteiger partial charge in [-0.3, -0.25) is 4.90 Å². The molecule has 1 atom stereocenters. The number of thiophene rings is 1. The minimum absolute atomic E-state index is 0.0124. The first kappa shape index (κ1) is 9.78. The standard InChI is InChI=1S/C19H17ClFN5S/c20-17-8-16-18(27-17)19(24-11-23-16)25-14-3-5-26(6-4-14)10-12-1-2-15(21)13(7-12)9-22/h1-2,7-8,11,14H,3-6,10H2,(H,23,24,25)/i2D,3D2,4D2,8D,10D,11D,14D/hD. The van der Waals surface area contributed by atoms with Crippen LogP contribution in [-0.4, -0.2) is 34.0 Å². The lowest BCUT2D eigenvalue weighted by molar-refractivity contribution is 0.211. The third-order valence-electron chi connectivity index (χ3n) is 3.63. The predicted molar refractivity (Wildman–Crippen MR) is 105 cm³/mol. The number of rotatable bonds is 4. The lowest BCUT2D eigenvalue weighted by atomic mass is 10.0. The Morgan fingerprint density at radius 3 is 3.19 bits per heavy atom. The van der Waals surface area contributed by atoms with E-state index in [1.165, 1.54) is 0 Å². The maximum absolute atomic E-state index is 14.0. The summed E-state index contributed by atoms with van der Waals surface area (Å²) in [6.45, 7) is -2.95. The maximum Gasteiger partial charge on any atom is 0.162 e. The van der Waals surface area contributed by atoms with Gasteiger partial charge in [-0.05, 0) is 36.5 Å². The van der Waals surface area contributed by atoms with E-state index < -0.39 is 67.9 Å². The van der Waals surface area contributed by atoms with E-state index in [-0.39, 0.29) is 31.5 Å². The van der Waals surface area contributed by atoms with Crippen molar-refractivity contribution >= 4 is 39.0 Å². The molecule has 8 heteroatoms. The van der Waals surface area contributed by atoms with Crippen LogP contribution in [0, 0.1) is 17.1 Å². The van der Waals surface area contributed by atoms with Gasteiger partial charge in [0.05, 0.1) is 24.2 Å². The number of piperidine rings is 1. The predicted octanol–water partition coefficient (Wildman–Crippen LogP) is 4.43. The van der Waals surface area contributed by atoms with Crippen LogP contribution in [0.1, 0.15) is 36.2 Å². The molecule has 1 aromatic carbocycles. The van der Waals surface area contributed by atoms with E-state index in [1.54, 1.807) is 6.07 Å². The SMILES string of the molecule is [2H]c1nc(N([2H])C2([2H])C([2H])([2H])CN(C([2H])c3cc([2H])c(F)c(C#N)c3)CC2([2H])[2H])c2sc(Cl)c([2H])c2n1. The van der Waals surface area contributed by atoms with Crippen LogP contribution < -0.4 is 5.31 Å². The molecule has 27 heavy (non-hydrogen) atoms. The monoisotopic (exact) mass is 411 g/mol. The van der Waals surface area contributed by atoms with Gasteiger partial charge in [-0.25, -0.2) is 14.4 Å². The second-order valence-corrected chi connectivity index (χ2v) is 7.07. The first-order valence-electron chi connectivity index (χ1n) is 12.7. The van der Waals surface area contributed by atoms with Gasteiger partial charge in [-0.2, -0.15) is 5.26 Å². The third kappa shape index (κ3) is 4.03. The molecule has 1 aliphatic heterocycles. The lowest BCUT2D eigenvalue weighted by Crippen LogP contribution is -2.38. The van der Waals surface area contributed by atoms with E-state index in [2.05, 4.69) is 9.97 Å². The van der Waals surface area contributed by atoms with Crippen LogP contribution in [-0.2, 0) is 6.52 Å². The molecule has 138 valence electrons. The van der Waals surface area contributed by atoms with Crippen LogP contribution in [0.15, 0.2) is 30.5 Å². The molecule has 1 aliphatic rings. The fourth-order valence-corrected chi connectivity index (χ4v) is 3.43. The van der Waals surface area contributed by atoms with Gasteiger partial charge in [0.15, 0.2) is 1.41 Å². The maximum atomic E-state index is 14.0. The average molecular weight is 412 g/mol. The van der Waals surface area contributed by atoms with Crippen molar-refractivity contribution in [1.82, 2.24) is 14.9 Å². The minimum atomic E-state index is -2.95. The number of aromatic nitrogens is 2. The van der Waals surface area contributed by atoms with Crippen LogP contribution in [0.3, 0.4) is 0 Å². The Kier molecular flexibility index (Phi) is 2.81. The van der Waals surface area contributed by atoms with Crippen molar-refractivity contribution in [2.24, 2.45) is 0 Å². The molecule has 3 heterocycles. The summed E-state index contributed by atoms with van der Waals surface area (Å²) >= 11 is 6.79. The summed E-state index contributed by atoms with van der Waals surface area (Å²) in [6.07, 6.45) is -6.30. The molecule has 1 fully saturated rings. The lowest BCUT2D eigenvalue weighted by Gasteiger charge is -2.32. The van der Waals surface area contributed by atoms with Crippen LogP contribution in [0.4, 0.5) is 10.2 Å². The molecule has 0 amide bonds.